The molecule has 0 aromatic carbocycles. The summed E-state index contributed by atoms with van der Waals surface area (Å²) in [5, 5.41) is 0.353. The SMILES string of the molecule is CCCCCC(=O)OC1[C@@H]2CCCC[C@H]1S(=O)S2. The smallest absolute Gasteiger partial charge is 0.306 e. The third-order valence-electron chi connectivity index (χ3n) is 3.68. The largest absolute Gasteiger partial charge is 0.460 e. The van der Waals surface area contributed by atoms with Crippen LogP contribution in [0.15, 0.2) is 0 Å². The van der Waals surface area contributed by atoms with E-state index in [1.807, 2.05) is 0 Å². The van der Waals surface area contributed by atoms with Crippen LogP contribution in [-0.2, 0) is 19.4 Å². The predicted octanol–water partition coefficient (Wildman–Crippen LogP) is 3.20. The van der Waals surface area contributed by atoms with Gasteiger partial charge in [0.15, 0.2) is 0 Å². The minimum absolute atomic E-state index is 0.0811. The van der Waals surface area contributed by atoms with E-state index in [9.17, 15) is 9.00 Å². The van der Waals surface area contributed by atoms with Crippen molar-refractivity contribution in [3.63, 3.8) is 0 Å². The van der Waals surface area contributed by atoms with E-state index in [0.717, 1.165) is 38.5 Å². The highest BCUT2D eigenvalue weighted by atomic mass is 33.1. The summed E-state index contributed by atoms with van der Waals surface area (Å²) < 4.78 is 17.6. The van der Waals surface area contributed by atoms with E-state index in [4.69, 9.17) is 4.74 Å². The number of rotatable bonds is 5. The molecule has 3 nitrogen and oxygen atoms in total. The molecule has 1 saturated heterocycles. The summed E-state index contributed by atoms with van der Waals surface area (Å²) in [4.78, 5) is 11.8. The Labute approximate surface area is 115 Å². The van der Waals surface area contributed by atoms with Crippen molar-refractivity contribution in [3.05, 3.63) is 0 Å². The van der Waals surface area contributed by atoms with Gasteiger partial charge in [-0.2, -0.15) is 0 Å². The molecular weight excluding hydrogens is 268 g/mol. The summed E-state index contributed by atoms with van der Waals surface area (Å²) in [6, 6.07) is 0. The molecule has 18 heavy (non-hydrogen) atoms. The fourth-order valence-electron chi connectivity index (χ4n) is 2.64. The van der Waals surface area contributed by atoms with Crippen LogP contribution in [0.2, 0.25) is 0 Å². The molecule has 1 heterocycles. The van der Waals surface area contributed by atoms with Crippen molar-refractivity contribution in [3.8, 4) is 0 Å². The van der Waals surface area contributed by atoms with Crippen LogP contribution in [0.25, 0.3) is 0 Å². The van der Waals surface area contributed by atoms with E-state index in [1.165, 1.54) is 17.2 Å². The molecule has 0 N–H and O–H groups in total. The summed E-state index contributed by atoms with van der Waals surface area (Å²) in [5.74, 6) is -0.0927. The molecule has 4 atom stereocenters. The molecule has 2 bridgehead atoms. The van der Waals surface area contributed by atoms with Crippen LogP contribution in [0.4, 0.5) is 0 Å². The number of carbonyl (C=O) groups is 1. The van der Waals surface area contributed by atoms with Crippen molar-refractivity contribution >= 4 is 26.6 Å². The lowest BCUT2D eigenvalue weighted by Gasteiger charge is -2.20. The third kappa shape index (κ3) is 3.50. The van der Waals surface area contributed by atoms with Crippen LogP contribution in [-0.4, -0.2) is 26.8 Å². The van der Waals surface area contributed by atoms with Crippen LogP contribution < -0.4 is 0 Å². The fraction of sp³-hybridized carbons (Fsp3) is 0.923. The maximum Gasteiger partial charge on any atom is 0.306 e. The fourth-order valence-corrected chi connectivity index (χ4v) is 6.96. The monoisotopic (exact) mass is 290 g/mol. The zero-order chi connectivity index (χ0) is 13.0. The Morgan fingerprint density at radius 1 is 1.33 bits per heavy atom. The molecule has 1 aliphatic carbocycles. The van der Waals surface area contributed by atoms with E-state index < -0.39 is 9.83 Å². The molecule has 104 valence electrons. The van der Waals surface area contributed by atoms with Crippen LogP contribution in [0.5, 0.6) is 0 Å². The Morgan fingerprint density at radius 2 is 2.11 bits per heavy atom. The number of hydrogen-bond acceptors (Lipinski definition) is 4. The van der Waals surface area contributed by atoms with Crippen LogP contribution >= 0.6 is 10.8 Å². The summed E-state index contributed by atoms with van der Waals surface area (Å²) in [5.41, 5.74) is 0. The van der Waals surface area contributed by atoms with Gasteiger partial charge in [0.05, 0.1) is 20.3 Å². The third-order valence-corrected chi connectivity index (χ3v) is 7.67. The lowest BCUT2D eigenvalue weighted by atomic mass is 10.1. The predicted molar refractivity (Wildman–Crippen MR) is 75.8 cm³/mol. The second-order valence-corrected chi connectivity index (χ2v) is 8.62. The number of carbonyl (C=O) groups excluding carboxylic acids is 1. The van der Waals surface area contributed by atoms with Gasteiger partial charge in [0.25, 0.3) is 0 Å². The van der Waals surface area contributed by atoms with E-state index in [-0.39, 0.29) is 22.6 Å². The van der Waals surface area contributed by atoms with E-state index >= 15 is 0 Å². The van der Waals surface area contributed by atoms with Crippen molar-refractivity contribution < 1.29 is 13.7 Å². The first-order valence-corrected chi connectivity index (χ1v) is 9.60. The second-order valence-electron chi connectivity index (χ2n) is 5.13. The number of ether oxygens (including phenoxy) is 1. The molecule has 0 aromatic rings. The maximum absolute atomic E-state index is 11.9. The Hall–Kier alpha value is -0.0300. The van der Waals surface area contributed by atoms with Crippen LogP contribution in [0.1, 0.15) is 58.3 Å². The Bertz CT molecular complexity index is 319. The van der Waals surface area contributed by atoms with Gasteiger partial charge in [0, 0.05) is 6.42 Å². The first-order chi connectivity index (χ1) is 8.72. The van der Waals surface area contributed by atoms with Crippen LogP contribution in [0, 0.1) is 0 Å². The molecule has 0 radical (unpaired) electrons. The minimum atomic E-state index is -0.854. The highest BCUT2D eigenvalue weighted by molar-refractivity contribution is 8.70. The zero-order valence-electron chi connectivity index (χ0n) is 10.9. The minimum Gasteiger partial charge on any atom is -0.460 e. The lowest BCUT2D eigenvalue weighted by molar-refractivity contribution is -0.149. The Morgan fingerprint density at radius 3 is 2.89 bits per heavy atom. The van der Waals surface area contributed by atoms with Crippen molar-refractivity contribution in [1.29, 1.82) is 0 Å². The van der Waals surface area contributed by atoms with Crippen molar-refractivity contribution in [2.75, 3.05) is 0 Å². The number of esters is 1. The molecule has 2 unspecified atom stereocenters. The van der Waals surface area contributed by atoms with Crippen molar-refractivity contribution in [2.45, 2.75) is 74.9 Å². The normalized spacial score (nSPS) is 35.2. The van der Waals surface area contributed by atoms with Crippen molar-refractivity contribution in [1.82, 2.24) is 0 Å². The molecule has 1 aliphatic heterocycles. The highest BCUT2D eigenvalue weighted by Crippen LogP contribution is 2.43. The number of unbranched alkanes of at least 4 members (excludes halogenated alkanes) is 2. The first-order valence-electron chi connectivity index (χ1n) is 6.99. The topological polar surface area (TPSA) is 43.4 Å². The maximum atomic E-state index is 11.9. The van der Waals surface area contributed by atoms with Gasteiger partial charge in [0.1, 0.15) is 6.10 Å². The first kappa shape index (κ1) is 14.4. The number of hydrogen-bond donors (Lipinski definition) is 0. The highest BCUT2D eigenvalue weighted by Gasteiger charge is 2.45. The van der Waals surface area contributed by atoms with E-state index in [2.05, 4.69) is 6.92 Å². The van der Waals surface area contributed by atoms with Crippen LogP contribution in [0.3, 0.4) is 0 Å². The Kier molecular flexibility index (Phi) is 5.55. The molecule has 2 rings (SSSR count). The quantitative estimate of drug-likeness (QED) is 0.443. The average molecular weight is 290 g/mol. The zero-order valence-corrected chi connectivity index (χ0v) is 12.6. The summed E-state index contributed by atoms with van der Waals surface area (Å²) in [7, 11) is 0.669. The standard InChI is InChI=1S/C13H22O3S2/c1-2-3-4-9-12(14)16-13-10-7-5-6-8-11(13)18(15)17-10/h10-11,13H,2-9H2,1H3/t10-,11+,13?,18?/m0/s1. The molecular formula is C13H22O3S2. The summed E-state index contributed by atoms with van der Waals surface area (Å²) >= 11 is 0. The lowest BCUT2D eigenvalue weighted by Crippen LogP contribution is -2.33. The molecule has 1 saturated carbocycles. The molecule has 5 heteroatoms. The van der Waals surface area contributed by atoms with Gasteiger partial charge in [0.2, 0.25) is 0 Å². The summed E-state index contributed by atoms with van der Waals surface area (Å²) in [6.45, 7) is 2.12. The molecule has 0 aromatic heterocycles. The van der Waals surface area contributed by atoms with Gasteiger partial charge >= 0.3 is 5.97 Å². The van der Waals surface area contributed by atoms with Gasteiger partial charge in [-0.3, -0.25) is 4.79 Å². The van der Waals surface area contributed by atoms with Gasteiger partial charge in [-0.1, -0.05) is 43.4 Å². The number of fused-ring (bicyclic) bond motifs is 2. The molecule has 2 fully saturated rings. The van der Waals surface area contributed by atoms with Gasteiger partial charge in [-0.05, 0) is 19.3 Å². The van der Waals surface area contributed by atoms with Gasteiger partial charge in [-0.25, -0.2) is 4.21 Å². The summed E-state index contributed by atoms with van der Waals surface area (Å²) in [6.07, 6.45) is 7.81. The van der Waals surface area contributed by atoms with Crippen molar-refractivity contribution in [2.24, 2.45) is 0 Å². The molecule has 2 aliphatic rings. The van der Waals surface area contributed by atoms with Gasteiger partial charge in [-0.15, -0.1) is 0 Å². The second kappa shape index (κ2) is 6.94. The average Bonchev–Trinajstić information content (AvgIpc) is 2.48. The molecule has 0 amide bonds. The van der Waals surface area contributed by atoms with E-state index in [1.54, 1.807) is 0 Å². The molecule has 0 spiro atoms. The Balaban J connectivity index is 1.87. The van der Waals surface area contributed by atoms with E-state index in [0.29, 0.717) is 6.42 Å². The van der Waals surface area contributed by atoms with Gasteiger partial charge < -0.3 is 4.74 Å².